The van der Waals surface area contributed by atoms with Crippen molar-refractivity contribution in [3.63, 3.8) is 0 Å². The van der Waals surface area contributed by atoms with Gasteiger partial charge in [-0.15, -0.1) is 0 Å². The van der Waals surface area contributed by atoms with Crippen molar-refractivity contribution in [1.29, 1.82) is 0 Å². The van der Waals surface area contributed by atoms with E-state index < -0.39 is 0 Å². The van der Waals surface area contributed by atoms with Gasteiger partial charge in [-0.2, -0.15) is 0 Å². The lowest BCUT2D eigenvalue weighted by Gasteiger charge is -1.98. The van der Waals surface area contributed by atoms with Crippen molar-refractivity contribution in [2.75, 3.05) is 0 Å². The van der Waals surface area contributed by atoms with Crippen LogP contribution in [0.15, 0.2) is 24.4 Å². The second-order valence-corrected chi connectivity index (χ2v) is 3.78. The molecule has 0 spiro atoms. The van der Waals surface area contributed by atoms with Gasteiger partial charge in [0.1, 0.15) is 0 Å². The lowest BCUT2D eigenvalue weighted by atomic mass is 10.1. The molecular weight excluding hydrogens is 198 g/mol. The second-order valence-electron chi connectivity index (χ2n) is 3.38. The molecule has 2 rings (SSSR count). The molecule has 0 aliphatic carbocycles. The van der Waals surface area contributed by atoms with Gasteiger partial charge in [0.15, 0.2) is 5.78 Å². The van der Waals surface area contributed by atoms with Crippen molar-refractivity contribution in [3.05, 3.63) is 35.0 Å². The number of aromatic nitrogens is 1. The monoisotopic (exact) mass is 207 g/mol. The summed E-state index contributed by atoms with van der Waals surface area (Å²) in [4.78, 5) is 11.2. The molecule has 0 bridgehead atoms. The predicted octanol–water partition coefficient (Wildman–Crippen LogP) is 3.03. The summed E-state index contributed by atoms with van der Waals surface area (Å²) in [7, 11) is 1.91. The summed E-state index contributed by atoms with van der Waals surface area (Å²) in [5.74, 6) is 0.0734. The molecule has 0 N–H and O–H groups in total. The Morgan fingerprint density at radius 3 is 2.79 bits per heavy atom. The third-order valence-corrected chi connectivity index (χ3v) is 2.65. The molecule has 0 unspecified atom stereocenters. The van der Waals surface area contributed by atoms with Crippen molar-refractivity contribution < 1.29 is 4.79 Å². The Morgan fingerprint density at radius 2 is 2.14 bits per heavy atom. The standard InChI is InChI=1S/C11H10ClNO/c1-7(14)8-3-4-9-10(12)6-13(2)11(9)5-8/h3-6H,1-2H3. The average Bonchev–Trinajstić information content (AvgIpc) is 2.42. The van der Waals surface area contributed by atoms with E-state index in [0.29, 0.717) is 0 Å². The zero-order valence-electron chi connectivity index (χ0n) is 8.04. The first-order valence-corrected chi connectivity index (χ1v) is 4.73. The number of benzene rings is 1. The maximum absolute atomic E-state index is 11.2. The van der Waals surface area contributed by atoms with E-state index >= 15 is 0 Å². The summed E-state index contributed by atoms with van der Waals surface area (Å²) < 4.78 is 1.92. The van der Waals surface area contributed by atoms with Gasteiger partial charge in [-0.05, 0) is 13.0 Å². The molecule has 0 fully saturated rings. The SMILES string of the molecule is CC(=O)c1ccc2c(Cl)cn(C)c2c1. The first-order valence-electron chi connectivity index (χ1n) is 4.35. The minimum Gasteiger partial charge on any atom is -0.349 e. The highest BCUT2D eigenvalue weighted by atomic mass is 35.5. The highest BCUT2D eigenvalue weighted by Crippen LogP contribution is 2.25. The lowest BCUT2D eigenvalue weighted by Crippen LogP contribution is -1.92. The van der Waals surface area contributed by atoms with Gasteiger partial charge >= 0.3 is 0 Å². The number of Topliss-reactive ketones (excluding diaryl/α,β-unsaturated/α-hetero) is 1. The fourth-order valence-electron chi connectivity index (χ4n) is 1.55. The Bertz CT molecular complexity index is 513. The Balaban J connectivity index is 2.77. The minimum atomic E-state index is 0.0734. The van der Waals surface area contributed by atoms with Gasteiger partial charge in [0.05, 0.1) is 10.5 Å². The Hall–Kier alpha value is -1.28. The first kappa shape index (κ1) is 9.28. The number of hydrogen-bond donors (Lipinski definition) is 0. The molecule has 0 aliphatic rings. The van der Waals surface area contributed by atoms with Gasteiger partial charge in [-0.1, -0.05) is 23.7 Å². The summed E-state index contributed by atoms with van der Waals surface area (Å²) >= 11 is 6.00. The number of ketones is 1. The second kappa shape index (κ2) is 3.14. The van der Waals surface area contributed by atoms with Crippen LogP contribution in [0.1, 0.15) is 17.3 Å². The molecule has 0 saturated carbocycles. The smallest absolute Gasteiger partial charge is 0.159 e. The van der Waals surface area contributed by atoms with E-state index in [1.807, 2.05) is 29.9 Å². The number of carbonyl (C=O) groups excluding carboxylic acids is 1. The van der Waals surface area contributed by atoms with Gasteiger partial charge in [0.2, 0.25) is 0 Å². The molecular formula is C11H10ClNO. The minimum absolute atomic E-state index is 0.0734. The van der Waals surface area contributed by atoms with Crippen molar-refractivity contribution in [2.24, 2.45) is 7.05 Å². The van der Waals surface area contributed by atoms with E-state index in [4.69, 9.17) is 11.6 Å². The zero-order valence-corrected chi connectivity index (χ0v) is 8.80. The number of rotatable bonds is 1. The predicted molar refractivity (Wildman–Crippen MR) is 57.9 cm³/mol. The van der Waals surface area contributed by atoms with Crippen LogP contribution in [-0.4, -0.2) is 10.4 Å². The summed E-state index contributed by atoms with van der Waals surface area (Å²) in [6.45, 7) is 1.56. The van der Waals surface area contributed by atoms with E-state index in [1.54, 1.807) is 13.0 Å². The van der Waals surface area contributed by atoms with Crippen molar-refractivity contribution in [1.82, 2.24) is 4.57 Å². The van der Waals surface area contributed by atoms with Gasteiger partial charge in [0, 0.05) is 24.2 Å². The molecule has 1 aromatic carbocycles. The van der Waals surface area contributed by atoms with E-state index in [1.165, 1.54) is 0 Å². The zero-order chi connectivity index (χ0) is 10.3. The fraction of sp³-hybridized carbons (Fsp3) is 0.182. The van der Waals surface area contributed by atoms with Crippen LogP contribution in [0.25, 0.3) is 10.9 Å². The maximum atomic E-state index is 11.2. The summed E-state index contributed by atoms with van der Waals surface area (Å²) in [6.07, 6.45) is 1.84. The van der Waals surface area contributed by atoms with Gasteiger partial charge in [-0.25, -0.2) is 0 Å². The molecule has 14 heavy (non-hydrogen) atoms. The molecule has 1 heterocycles. The van der Waals surface area contributed by atoms with E-state index in [2.05, 4.69) is 0 Å². The van der Waals surface area contributed by atoms with Crippen LogP contribution < -0.4 is 0 Å². The number of carbonyl (C=O) groups is 1. The summed E-state index contributed by atoms with van der Waals surface area (Å²) in [6, 6.07) is 5.55. The molecule has 0 aliphatic heterocycles. The molecule has 0 saturated heterocycles. The fourth-order valence-corrected chi connectivity index (χ4v) is 1.86. The molecule has 0 atom stereocenters. The van der Waals surface area contributed by atoms with Crippen LogP contribution >= 0.6 is 11.6 Å². The van der Waals surface area contributed by atoms with E-state index in [0.717, 1.165) is 21.5 Å². The quantitative estimate of drug-likeness (QED) is 0.659. The van der Waals surface area contributed by atoms with Crippen molar-refractivity contribution >= 4 is 28.3 Å². The first-order chi connectivity index (χ1) is 6.59. The Kier molecular flexibility index (Phi) is 2.08. The van der Waals surface area contributed by atoms with Crippen LogP contribution in [-0.2, 0) is 7.05 Å². The van der Waals surface area contributed by atoms with Gasteiger partial charge in [0.25, 0.3) is 0 Å². The van der Waals surface area contributed by atoms with Crippen molar-refractivity contribution in [3.8, 4) is 0 Å². The van der Waals surface area contributed by atoms with E-state index in [9.17, 15) is 4.79 Å². The highest BCUT2D eigenvalue weighted by molar-refractivity contribution is 6.35. The van der Waals surface area contributed by atoms with Crippen LogP contribution in [0, 0.1) is 0 Å². The van der Waals surface area contributed by atoms with Crippen LogP contribution in [0.5, 0.6) is 0 Å². The molecule has 3 heteroatoms. The van der Waals surface area contributed by atoms with Crippen molar-refractivity contribution in [2.45, 2.75) is 6.92 Å². The third-order valence-electron chi connectivity index (χ3n) is 2.35. The van der Waals surface area contributed by atoms with E-state index in [-0.39, 0.29) is 5.78 Å². The van der Waals surface area contributed by atoms with Crippen LogP contribution in [0.4, 0.5) is 0 Å². The normalized spacial score (nSPS) is 10.8. The summed E-state index contributed by atoms with van der Waals surface area (Å²) in [5.41, 5.74) is 1.71. The number of halogens is 1. The largest absolute Gasteiger partial charge is 0.349 e. The molecule has 2 aromatic rings. The molecule has 72 valence electrons. The summed E-state index contributed by atoms with van der Waals surface area (Å²) in [5, 5.41) is 1.71. The number of fused-ring (bicyclic) bond motifs is 1. The van der Waals surface area contributed by atoms with Gasteiger partial charge in [-0.3, -0.25) is 4.79 Å². The number of nitrogens with zero attached hydrogens (tertiary/aromatic N) is 1. The third kappa shape index (κ3) is 1.32. The average molecular weight is 208 g/mol. The maximum Gasteiger partial charge on any atom is 0.159 e. The lowest BCUT2D eigenvalue weighted by molar-refractivity contribution is 0.101. The molecule has 0 radical (unpaired) electrons. The van der Waals surface area contributed by atoms with Gasteiger partial charge < -0.3 is 4.57 Å². The molecule has 1 aromatic heterocycles. The topological polar surface area (TPSA) is 22.0 Å². The van der Waals surface area contributed by atoms with Crippen LogP contribution in [0.2, 0.25) is 5.02 Å². The number of aryl methyl sites for hydroxylation is 1. The Labute approximate surface area is 87.1 Å². The van der Waals surface area contributed by atoms with Crippen LogP contribution in [0.3, 0.4) is 0 Å². The molecule has 2 nitrogen and oxygen atoms in total. The highest BCUT2D eigenvalue weighted by Gasteiger charge is 2.06. The number of hydrogen-bond acceptors (Lipinski definition) is 1. The Morgan fingerprint density at radius 1 is 1.43 bits per heavy atom. The molecule has 0 amide bonds.